The molecule has 1 aliphatic carbocycles. The molecule has 0 saturated carbocycles. The molecule has 0 spiro atoms. The Morgan fingerprint density at radius 3 is 0.375 bits per heavy atom. The zero-order valence-electron chi connectivity index (χ0n) is 11.4. The van der Waals surface area contributed by atoms with Crippen LogP contribution in [-0.2, 0) is 0 Å². The summed E-state index contributed by atoms with van der Waals surface area (Å²) in [7, 11) is 0. The molecule has 6 aromatic rings. The van der Waals surface area contributed by atoms with Crippen molar-refractivity contribution >= 4 is 0 Å². The second kappa shape index (κ2) is 2.60. The predicted octanol–water partition coefficient (Wildman–Crippen LogP) is -0.583. The fraction of sp³-hybridized carbons (Fsp3) is 0. The third-order valence-corrected chi connectivity index (χ3v) is 5.35. The lowest BCUT2D eigenvalue weighted by Crippen LogP contribution is -1.78. The fourth-order valence-corrected chi connectivity index (χ4v) is 3.88. The summed E-state index contributed by atoms with van der Waals surface area (Å²) in [4.78, 5) is 72.0. The van der Waals surface area contributed by atoms with E-state index in [9.17, 15) is 28.8 Å². The van der Waals surface area contributed by atoms with Crippen LogP contribution in [0.4, 0.5) is 0 Å². The molecule has 1 aliphatic rings. The Morgan fingerprint density at radius 1 is 0.208 bits per heavy atom. The maximum absolute atomic E-state index is 12.0. The lowest BCUT2D eigenvalue weighted by atomic mass is 10.2. The normalized spacial score (nSPS) is 14.0. The van der Waals surface area contributed by atoms with Gasteiger partial charge in [-0.2, -0.15) is 0 Å². The molecular weight excluding hydrogens is 312 g/mol. The van der Waals surface area contributed by atoms with Crippen molar-refractivity contribution in [3.8, 4) is 66.8 Å². The van der Waals surface area contributed by atoms with Crippen LogP contribution in [0.5, 0.6) is 0 Å². The van der Waals surface area contributed by atoms with Crippen LogP contribution < -0.4 is 32.6 Å². The first-order valence-electron chi connectivity index (χ1n) is 7.22. The van der Waals surface area contributed by atoms with Gasteiger partial charge in [0, 0.05) is 66.8 Å². The Bertz CT molecular complexity index is 1180. The molecule has 7 rings (SSSR count). The second-order valence-corrected chi connectivity index (χ2v) is 6.47. The van der Waals surface area contributed by atoms with Gasteiger partial charge in [-0.05, 0) is 0 Å². The van der Waals surface area contributed by atoms with E-state index in [0.29, 0.717) is 0 Å². The quantitative estimate of drug-likeness (QED) is 0.371. The smallest absolute Gasteiger partial charge is 0.196 e. The molecule has 0 unspecified atom stereocenters. The first kappa shape index (κ1) is 11.1. The van der Waals surface area contributed by atoms with Crippen LogP contribution >= 0.6 is 0 Å². The third-order valence-electron chi connectivity index (χ3n) is 5.35. The molecule has 0 bridgehead atoms. The average Bonchev–Trinajstić information content (AvgIpc) is 3.16. The van der Waals surface area contributed by atoms with E-state index < -0.39 is 0 Å². The van der Waals surface area contributed by atoms with Crippen molar-refractivity contribution in [3.05, 3.63) is 61.3 Å². The largest absolute Gasteiger partial charge is 0.289 e. The summed E-state index contributed by atoms with van der Waals surface area (Å²) in [6, 6.07) is 0. The molecule has 0 aliphatic heterocycles. The molecule has 0 heterocycles. The van der Waals surface area contributed by atoms with Gasteiger partial charge >= 0.3 is 0 Å². The van der Waals surface area contributed by atoms with Crippen molar-refractivity contribution in [2.24, 2.45) is 0 Å². The van der Waals surface area contributed by atoms with Crippen molar-refractivity contribution in [1.82, 2.24) is 0 Å². The van der Waals surface area contributed by atoms with Crippen molar-refractivity contribution in [2.75, 3.05) is 0 Å². The van der Waals surface area contributed by atoms with Crippen molar-refractivity contribution in [1.29, 1.82) is 0 Å². The minimum atomic E-state index is -0.377. The Morgan fingerprint density at radius 2 is 0.292 bits per heavy atom. The lowest BCUT2D eigenvalue weighted by Gasteiger charge is -1.77. The van der Waals surface area contributed by atoms with E-state index in [2.05, 4.69) is 0 Å². The molecule has 6 nitrogen and oxygen atoms in total. The molecule has 6 heteroatoms. The molecular formula is C18O6. The van der Waals surface area contributed by atoms with E-state index in [1.165, 1.54) is 0 Å². The zero-order valence-corrected chi connectivity index (χ0v) is 11.4. The summed E-state index contributed by atoms with van der Waals surface area (Å²) in [5.41, 5.74) is -0.0162. The van der Waals surface area contributed by atoms with Crippen LogP contribution in [0.1, 0.15) is 0 Å². The van der Waals surface area contributed by atoms with Crippen molar-refractivity contribution in [3.63, 3.8) is 0 Å². The molecule has 0 atom stereocenters. The first-order valence-corrected chi connectivity index (χ1v) is 7.22. The fourth-order valence-electron chi connectivity index (χ4n) is 3.88. The summed E-state index contributed by atoms with van der Waals surface area (Å²) >= 11 is 0. The van der Waals surface area contributed by atoms with E-state index in [4.69, 9.17) is 0 Å². The van der Waals surface area contributed by atoms with Gasteiger partial charge in [-0.15, -0.1) is 0 Å². The van der Waals surface area contributed by atoms with Crippen LogP contribution in [-0.4, -0.2) is 0 Å². The molecule has 0 fully saturated rings. The maximum atomic E-state index is 12.0. The Kier molecular flexibility index (Phi) is 1.20. The minimum Gasteiger partial charge on any atom is -0.289 e. The zero-order chi connectivity index (χ0) is 16.4. The van der Waals surface area contributed by atoms with Crippen molar-refractivity contribution < 1.29 is 0 Å². The monoisotopic (exact) mass is 312 g/mol. The Labute approximate surface area is 128 Å². The maximum Gasteiger partial charge on any atom is 0.196 e. The molecule has 0 radical (unpaired) electrons. The van der Waals surface area contributed by atoms with Gasteiger partial charge in [0.1, 0.15) is 0 Å². The van der Waals surface area contributed by atoms with E-state index in [1.807, 2.05) is 0 Å². The topological polar surface area (TPSA) is 102 Å². The lowest BCUT2D eigenvalue weighted by molar-refractivity contribution is 1.96. The average molecular weight is 312 g/mol. The van der Waals surface area contributed by atoms with Gasteiger partial charge in [0.15, 0.2) is 32.6 Å². The van der Waals surface area contributed by atoms with E-state index in [1.54, 1.807) is 0 Å². The van der Waals surface area contributed by atoms with Crippen molar-refractivity contribution in [2.45, 2.75) is 0 Å². The highest BCUT2D eigenvalue weighted by atomic mass is 16.1. The summed E-state index contributed by atoms with van der Waals surface area (Å²) in [6.07, 6.45) is 0. The van der Waals surface area contributed by atoms with Gasteiger partial charge in [-0.1, -0.05) is 0 Å². The number of rotatable bonds is 0. The molecule has 0 aromatic heterocycles. The standard InChI is InChI=1S/C18O6/c19-13-1-2(13)4-6(15(4)21)8-10(17(8)23)12-11(18(12)24)9-7(16(9)22)5-3(1)14(5)20. The van der Waals surface area contributed by atoms with E-state index in [0.717, 1.165) is 0 Å². The molecule has 0 N–H and O–H groups in total. The SMILES string of the molecule is O=c1c2c1-c1c(c1=O)-c1c(c1=O)-c1c(c1=O)-c1c(c1=O)-c1c-2c1=O. The minimum absolute atomic E-state index is 0.187. The van der Waals surface area contributed by atoms with Gasteiger partial charge < -0.3 is 0 Å². The highest BCUT2D eigenvalue weighted by Gasteiger charge is 2.51. The van der Waals surface area contributed by atoms with Gasteiger partial charge in [-0.3, -0.25) is 28.8 Å². The number of hydrogen-bond acceptors (Lipinski definition) is 6. The summed E-state index contributed by atoms with van der Waals surface area (Å²) in [6.45, 7) is 0. The van der Waals surface area contributed by atoms with Gasteiger partial charge in [0.2, 0.25) is 0 Å². The highest BCUT2D eigenvalue weighted by Crippen LogP contribution is 2.53. The Hall–Kier alpha value is -3.54. The molecule has 24 heavy (non-hydrogen) atoms. The van der Waals surface area contributed by atoms with Crippen LogP contribution in [0, 0.1) is 0 Å². The summed E-state index contributed by atoms with van der Waals surface area (Å²) in [5, 5.41) is 0. The van der Waals surface area contributed by atoms with Gasteiger partial charge in [0.05, 0.1) is 0 Å². The predicted molar refractivity (Wildman–Crippen MR) is 84.5 cm³/mol. The van der Waals surface area contributed by atoms with Crippen LogP contribution in [0.15, 0.2) is 28.8 Å². The van der Waals surface area contributed by atoms with Crippen LogP contribution in [0.2, 0.25) is 0 Å². The Balaban J connectivity index is 1.60. The third kappa shape index (κ3) is 0.869. The van der Waals surface area contributed by atoms with Gasteiger partial charge in [0.25, 0.3) is 0 Å². The van der Waals surface area contributed by atoms with E-state index in [-0.39, 0.29) is 99.3 Å². The highest BCUT2D eigenvalue weighted by molar-refractivity contribution is 6.20. The van der Waals surface area contributed by atoms with E-state index >= 15 is 0 Å². The first-order chi connectivity index (χ1) is 11.5. The molecule has 0 amide bonds. The molecule has 108 valence electrons. The van der Waals surface area contributed by atoms with Crippen LogP contribution in [0.25, 0.3) is 66.8 Å². The summed E-state index contributed by atoms with van der Waals surface area (Å²) in [5.74, 6) is 0. The summed E-state index contributed by atoms with van der Waals surface area (Å²) < 4.78 is 0. The number of fused-ring (bicyclic) bond motifs is 12. The molecule has 6 aromatic carbocycles. The molecule has 0 saturated heterocycles. The van der Waals surface area contributed by atoms with Gasteiger partial charge in [-0.25, -0.2) is 0 Å². The number of hydrogen-bond donors (Lipinski definition) is 0. The second-order valence-electron chi connectivity index (χ2n) is 6.47. The van der Waals surface area contributed by atoms with Crippen LogP contribution in [0.3, 0.4) is 0 Å².